The predicted octanol–water partition coefficient (Wildman–Crippen LogP) is 1.74. The number of nitrogens with zero attached hydrogens (tertiary/aromatic N) is 3. The minimum atomic E-state index is -0.347. The monoisotopic (exact) mass is 249 g/mol. The molecule has 1 saturated heterocycles. The van der Waals surface area contributed by atoms with Crippen LogP contribution < -0.4 is 0 Å². The summed E-state index contributed by atoms with van der Waals surface area (Å²) in [5, 5.41) is 10.1. The van der Waals surface area contributed by atoms with Crippen LogP contribution in [0.5, 0.6) is 0 Å². The standard InChI is InChI=1S/C14H23N3O/c1-16-8-3-2-5-11(16)9-13-15-10-12-6-4-7-14(18)17(12)13/h10-11,14,18H,2-9H2,1H3. The van der Waals surface area contributed by atoms with Crippen LogP contribution in [0, 0.1) is 0 Å². The van der Waals surface area contributed by atoms with E-state index in [1.54, 1.807) is 0 Å². The van der Waals surface area contributed by atoms with E-state index >= 15 is 0 Å². The summed E-state index contributed by atoms with van der Waals surface area (Å²) in [5.74, 6) is 1.08. The molecule has 2 unspecified atom stereocenters. The Hall–Kier alpha value is -0.870. The van der Waals surface area contributed by atoms with Gasteiger partial charge >= 0.3 is 0 Å². The van der Waals surface area contributed by atoms with E-state index in [0.29, 0.717) is 6.04 Å². The van der Waals surface area contributed by atoms with Crippen LogP contribution in [0.15, 0.2) is 6.20 Å². The van der Waals surface area contributed by atoms with E-state index in [2.05, 4.69) is 21.5 Å². The molecule has 4 nitrogen and oxygen atoms in total. The quantitative estimate of drug-likeness (QED) is 0.868. The van der Waals surface area contributed by atoms with Crippen molar-refractivity contribution < 1.29 is 5.11 Å². The fourth-order valence-corrected chi connectivity index (χ4v) is 3.35. The second-order valence-electron chi connectivity index (χ2n) is 5.74. The summed E-state index contributed by atoms with van der Waals surface area (Å²) in [6.07, 6.45) is 9.50. The first kappa shape index (κ1) is 12.2. The van der Waals surface area contributed by atoms with Crippen LogP contribution in [-0.4, -0.2) is 39.2 Å². The van der Waals surface area contributed by atoms with Crippen LogP contribution >= 0.6 is 0 Å². The second kappa shape index (κ2) is 5.02. The molecule has 1 aromatic heterocycles. The van der Waals surface area contributed by atoms with Crippen molar-refractivity contribution in [2.24, 2.45) is 0 Å². The van der Waals surface area contributed by atoms with Gasteiger partial charge in [0.05, 0.1) is 0 Å². The molecule has 0 radical (unpaired) electrons. The second-order valence-corrected chi connectivity index (χ2v) is 5.74. The number of likely N-dealkylation sites (tertiary alicyclic amines) is 1. The molecular formula is C14H23N3O. The minimum Gasteiger partial charge on any atom is -0.373 e. The van der Waals surface area contributed by atoms with Gasteiger partial charge in [-0.25, -0.2) is 4.98 Å². The average Bonchev–Trinajstić information content (AvgIpc) is 2.77. The zero-order valence-corrected chi connectivity index (χ0v) is 11.2. The van der Waals surface area contributed by atoms with Crippen LogP contribution in [0.4, 0.5) is 0 Å². The third-order valence-corrected chi connectivity index (χ3v) is 4.48. The molecule has 0 aliphatic carbocycles. The average molecular weight is 249 g/mol. The van der Waals surface area contributed by atoms with Crippen LogP contribution in [0.3, 0.4) is 0 Å². The number of aromatic nitrogens is 2. The zero-order chi connectivity index (χ0) is 12.5. The van der Waals surface area contributed by atoms with E-state index < -0.39 is 0 Å². The SMILES string of the molecule is CN1CCCCC1Cc1ncc2n1C(O)CCC2. The number of likely N-dealkylation sites (N-methyl/N-ethyl adjacent to an activating group) is 1. The van der Waals surface area contributed by atoms with E-state index in [4.69, 9.17) is 0 Å². The highest BCUT2D eigenvalue weighted by Gasteiger charge is 2.25. The Bertz CT molecular complexity index is 415. The van der Waals surface area contributed by atoms with Crippen molar-refractivity contribution in [1.82, 2.24) is 14.5 Å². The summed E-state index contributed by atoms with van der Waals surface area (Å²) in [6, 6.07) is 0.597. The van der Waals surface area contributed by atoms with Gasteiger partial charge in [-0.3, -0.25) is 0 Å². The maximum atomic E-state index is 10.1. The molecule has 0 spiro atoms. The summed E-state index contributed by atoms with van der Waals surface area (Å²) < 4.78 is 2.08. The summed E-state index contributed by atoms with van der Waals surface area (Å²) >= 11 is 0. The lowest BCUT2D eigenvalue weighted by molar-refractivity contribution is 0.0735. The van der Waals surface area contributed by atoms with E-state index in [-0.39, 0.29) is 6.23 Å². The number of aliphatic hydroxyl groups excluding tert-OH is 1. The summed E-state index contributed by atoms with van der Waals surface area (Å²) in [4.78, 5) is 7.00. The molecule has 2 aliphatic rings. The fourth-order valence-electron chi connectivity index (χ4n) is 3.35. The first-order valence-corrected chi connectivity index (χ1v) is 7.19. The van der Waals surface area contributed by atoms with Crippen molar-refractivity contribution in [2.75, 3.05) is 13.6 Å². The number of imidazole rings is 1. The number of aryl methyl sites for hydroxylation is 1. The molecule has 100 valence electrons. The lowest BCUT2D eigenvalue weighted by atomic mass is 9.99. The van der Waals surface area contributed by atoms with Gasteiger partial charge in [0.25, 0.3) is 0 Å². The van der Waals surface area contributed by atoms with Crippen molar-refractivity contribution in [3.63, 3.8) is 0 Å². The maximum Gasteiger partial charge on any atom is 0.132 e. The fraction of sp³-hybridized carbons (Fsp3) is 0.786. The Kier molecular flexibility index (Phi) is 3.39. The Labute approximate surface area is 109 Å². The van der Waals surface area contributed by atoms with Crippen molar-refractivity contribution in [3.05, 3.63) is 17.7 Å². The Morgan fingerprint density at radius 3 is 3.06 bits per heavy atom. The van der Waals surface area contributed by atoms with Crippen LogP contribution in [-0.2, 0) is 12.8 Å². The summed E-state index contributed by atoms with van der Waals surface area (Å²) in [5.41, 5.74) is 1.21. The lowest BCUT2D eigenvalue weighted by Crippen LogP contribution is -2.38. The first-order chi connectivity index (χ1) is 8.75. The highest BCUT2D eigenvalue weighted by atomic mass is 16.3. The summed E-state index contributed by atoms with van der Waals surface area (Å²) in [7, 11) is 2.21. The third-order valence-electron chi connectivity index (χ3n) is 4.48. The van der Waals surface area contributed by atoms with Crippen LogP contribution in [0.1, 0.15) is 49.9 Å². The third kappa shape index (κ3) is 2.19. The minimum absolute atomic E-state index is 0.347. The number of hydrogen-bond acceptors (Lipinski definition) is 3. The predicted molar refractivity (Wildman–Crippen MR) is 70.4 cm³/mol. The van der Waals surface area contributed by atoms with Gasteiger partial charge in [-0.1, -0.05) is 6.42 Å². The number of rotatable bonds is 2. The largest absolute Gasteiger partial charge is 0.373 e. The van der Waals surface area contributed by atoms with Gasteiger partial charge in [0.1, 0.15) is 12.1 Å². The van der Waals surface area contributed by atoms with Gasteiger partial charge in [-0.2, -0.15) is 0 Å². The van der Waals surface area contributed by atoms with Gasteiger partial charge in [0.2, 0.25) is 0 Å². The molecule has 1 fully saturated rings. The van der Waals surface area contributed by atoms with Crippen molar-refractivity contribution >= 4 is 0 Å². The Balaban J connectivity index is 1.78. The Morgan fingerprint density at radius 1 is 1.33 bits per heavy atom. The highest BCUT2D eigenvalue weighted by molar-refractivity contribution is 5.10. The normalized spacial score (nSPS) is 29.2. The number of fused-ring (bicyclic) bond motifs is 1. The first-order valence-electron chi connectivity index (χ1n) is 7.19. The van der Waals surface area contributed by atoms with Gasteiger partial charge in [-0.05, 0) is 45.7 Å². The number of aliphatic hydroxyl groups is 1. The maximum absolute atomic E-state index is 10.1. The molecule has 0 aromatic carbocycles. The van der Waals surface area contributed by atoms with Gasteiger partial charge in [-0.15, -0.1) is 0 Å². The van der Waals surface area contributed by atoms with Crippen molar-refractivity contribution in [2.45, 2.75) is 57.2 Å². The van der Waals surface area contributed by atoms with Crippen molar-refractivity contribution in [1.29, 1.82) is 0 Å². The molecule has 1 aromatic rings. The van der Waals surface area contributed by atoms with E-state index in [1.807, 2.05) is 6.20 Å². The molecular weight excluding hydrogens is 226 g/mol. The van der Waals surface area contributed by atoms with Crippen molar-refractivity contribution in [3.8, 4) is 0 Å². The Morgan fingerprint density at radius 2 is 2.22 bits per heavy atom. The molecule has 1 N–H and O–H groups in total. The van der Waals surface area contributed by atoms with Gasteiger partial charge in [0.15, 0.2) is 0 Å². The molecule has 2 aliphatic heterocycles. The molecule has 18 heavy (non-hydrogen) atoms. The number of piperidine rings is 1. The van der Waals surface area contributed by atoms with Crippen LogP contribution in [0.2, 0.25) is 0 Å². The van der Waals surface area contributed by atoms with Gasteiger partial charge in [0, 0.05) is 24.4 Å². The molecule has 3 heterocycles. The summed E-state index contributed by atoms with van der Waals surface area (Å²) in [6.45, 7) is 1.20. The lowest BCUT2D eigenvalue weighted by Gasteiger charge is -2.33. The highest BCUT2D eigenvalue weighted by Crippen LogP contribution is 2.26. The molecule has 0 saturated carbocycles. The molecule has 2 atom stereocenters. The van der Waals surface area contributed by atoms with Crippen LogP contribution in [0.25, 0.3) is 0 Å². The smallest absolute Gasteiger partial charge is 0.132 e. The zero-order valence-electron chi connectivity index (χ0n) is 11.2. The van der Waals surface area contributed by atoms with E-state index in [0.717, 1.165) is 31.5 Å². The topological polar surface area (TPSA) is 41.3 Å². The number of hydrogen-bond donors (Lipinski definition) is 1. The van der Waals surface area contributed by atoms with E-state index in [1.165, 1.54) is 31.5 Å². The van der Waals surface area contributed by atoms with Gasteiger partial charge < -0.3 is 14.6 Å². The molecule has 4 heteroatoms. The van der Waals surface area contributed by atoms with E-state index in [9.17, 15) is 5.11 Å². The molecule has 0 bridgehead atoms. The molecule has 0 amide bonds. The molecule has 3 rings (SSSR count).